The van der Waals surface area contributed by atoms with E-state index in [1.165, 1.54) is 11.8 Å². The standard InChI is InChI=1S/C17H15N3O2S/c21-13(10-16(22)18-12-6-2-1-3-7-12)11-23-17-19-14-8-4-5-9-15(14)20-17/h1-9H,10-11H2,(H,18,22)(H,19,20). The van der Waals surface area contributed by atoms with Crippen LogP contribution in [0, 0.1) is 0 Å². The molecule has 0 atom stereocenters. The Morgan fingerprint density at radius 1 is 1.04 bits per heavy atom. The lowest BCUT2D eigenvalue weighted by atomic mass is 10.2. The molecule has 0 aliphatic heterocycles. The molecule has 1 heterocycles. The second kappa shape index (κ2) is 7.11. The minimum Gasteiger partial charge on any atom is -0.333 e. The van der Waals surface area contributed by atoms with Gasteiger partial charge in [0.25, 0.3) is 0 Å². The van der Waals surface area contributed by atoms with Crippen molar-refractivity contribution in [3.05, 3.63) is 54.6 Å². The molecule has 1 aromatic heterocycles. The van der Waals surface area contributed by atoms with Crippen LogP contribution in [0.5, 0.6) is 0 Å². The number of ketones is 1. The lowest BCUT2D eigenvalue weighted by Gasteiger charge is -2.03. The first-order valence-corrected chi connectivity index (χ1v) is 8.13. The van der Waals surface area contributed by atoms with Gasteiger partial charge >= 0.3 is 0 Å². The van der Waals surface area contributed by atoms with E-state index in [0.29, 0.717) is 10.8 Å². The molecule has 2 N–H and O–H groups in total. The zero-order valence-electron chi connectivity index (χ0n) is 12.3. The predicted octanol–water partition coefficient (Wildman–Crippen LogP) is 3.25. The molecule has 3 aromatic rings. The highest BCUT2D eigenvalue weighted by atomic mass is 32.2. The number of Topliss-reactive ketones (excluding diaryl/α,β-unsaturated/α-hetero) is 1. The van der Waals surface area contributed by atoms with Crippen molar-refractivity contribution in [3.8, 4) is 0 Å². The van der Waals surface area contributed by atoms with E-state index in [-0.39, 0.29) is 23.9 Å². The lowest BCUT2D eigenvalue weighted by Crippen LogP contribution is -2.17. The summed E-state index contributed by atoms with van der Waals surface area (Å²) in [7, 11) is 0. The van der Waals surface area contributed by atoms with Crippen LogP contribution in [0.3, 0.4) is 0 Å². The molecular formula is C17H15N3O2S. The van der Waals surface area contributed by atoms with Gasteiger partial charge in [-0.3, -0.25) is 9.59 Å². The minimum atomic E-state index is -0.300. The molecule has 1 amide bonds. The van der Waals surface area contributed by atoms with Gasteiger partial charge in [0.1, 0.15) is 0 Å². The number of fused-ring (bicyclic) bond motifs is 1. The molecular weight excluding hydrogens is 310 g/mol. The van der Waals surface area contributed by atoms with Crippen LogP contribution < -0.4 is 5.32 Å². The van der Waals surface area contributed by atoms with Crippen LogP contribution in [0.2, 0.25) is 0 Å². The number of nitrogens with zero attached hydrogens (tertiary/aromatic N) is 1. The van der Waals surface area contributed by atoms with Crippen LogP contribution in [0.15, 0.2) is 59.8 Å². The van der Waals surface area contributed by atoms with E-state index in [4.69, 9.17) is 0 Å². The number of nitrogens with one attached hydrogen (secondary N) is 2. The van der Waals surface area contributed by atoms with Gasteiger partial charge in [-0.1, -0.05) is 42.1 Å². The van der Waals surface area contributed by atoms with Crippen LogP contribution in [-0.2, 0) is 9.59 Å². The molecule has 5 nitrogen and oxygen atoms in total. The number of benzene rings is 2. The van der Waals surface area contributed by atoms with Crippen LogP contribution >= 0.6 is 11.8 Å². The largest absolute Gasteiger partial charge is 0.333 e. The van der Waals surface area contributed by atoms with Crippen LogP contribution in [0.25, 0.3) is 11.0 Å². The van der Waals surface area contributed by atoms with Crippen molar-refractivity contribution in [2.75, 3.05) is 11.1 Å². The molecule has 116 valence electrons. The number of aromatic nitrogens is 2. The average Bonchev–Trinajstić information content (AvgIpc) is 2.96. The molecule has 0 unspecified atom stereocenters. The molecule has 0 aliphatic carbocycles. The van der Waals surface area contributed by atoms with Gasteiger partial charge in [-0.15, -0.1) is 0 Å². The summed E-state index contributed by atoms with van der Waals surface area (Å²) in [6, 6.07) is 16.8. The zero-order chi connectivity index (χ0) is 16.1. The summed E-state index contributed by atoms with van der Waals surface area (Å²) in [5.74, 6) is -0.225. The van der Waals surface area contributed by atoms with E-state index < -0.39 is 0 Å². The molecule has 0 radical (unpaired) electrons. The number of hydrogen-bond acceptors (Lipinski definition) is 4. The molecule has 2 aromatic carbocycles. The highest BCUT2D eigenvalue weighted by Crippen LogP contribution is 2.19. The number of aromatic amines is 1. The summed E-state index contributed by atoms with van der Waals surface area (Å²) >= 11 is 1.31. The van der Waals surface area contributed by atoms with Gasteiger partial charge in [0.05, 0.1) is 23.2 Å². The second-order valence-electron chi connectivity index (χ2n) is 4.98. The number of thioether (sulfide) groups is 1. The summed E-state index contributed by atoms with van der Waals surface area (Å²) in [4.78, 5) is 31.2. The third kappa shape index (κ3) is 4.20. The number of carbonyl (C=O) groups excluding carboxylic acids is 2. The van der Waals surface area contributed by atoms with Crippen molar-refractivity contribution in [2.24, 2.45) is 0 Å². The third-order valence-electron chi connectivity index (χ3n) is 3.15. The maximum absolute atomic E-state index is 11.9. The fraction of sp³-hybridized carbons (Fsp3) is 0.118. The van der Waals surface area contributed by atoms with Gasteiger partial charge in [-0.05, 0) is 24.3 Å². The number of H-pyrrole nitrogens is 1. The Bertz CT molecular complexity index is 797. The van der Waals surface area contributed by atoms with Gasteiger partial charge in [0.15, 0.2) is 10.9 Å². The van der Waals surface area contributed by atoms with Crippen LogP contribution in [-0.4, -0.2) is 27.4 Å². The first-order chi connectivity index (χ1) is 11.2. The van der Waals surface area contributed by atoms with Gasteiger partial charge < -0.3 is 10.3 Å². The SMILES string of the molecule is O=C(CSc1nc2ccccc2[nH]1)CC(=O)Nc1ccccc1. The van der Waals surface area contributed by atoms with Gasteiger partial charge in [0, 0.05) is 5.69 Å². The van der Waals surface area contributed by atoms with E-state index in [2.05, 4.69) is 15.3 Å². The topological polar surface area (TPSA) is 74.8 Å². The van der Waals surface area contributed by atoms with E-state index in [9.17, 15) is 9.59 Å². The number of para-hydroxylation sites is 3. The third-order valence-corrected chi connectivity index (χ3v) is 4.09. The second-order valence-corrected chi connectivity index (χ2v) is 5.94. The number of anilines is 1. The fourth-order valence-corrected chi connectivity index (χ4v) is 2.85. The first-order valence-electron chi connectivity index (χ1n) is 7.15. The van der Waals surface area contributed by atoms with E-state index in [1.807, 2.05) is 42.5 Å². The molecule has 0 saturated heterocycles. The Labute approximate surface area is 137 Å². The molecule has 0 bridgehead atoms. The number of rotatable bonds is 6. The lowest BCUT2D eigenvalue weighted by molar-refractivity contribution is -0.123. The van der Waals surface area contributed by atoms with Crippen LogP contribution in [0.4, 0.5) is 5.69 Å². The highest BCUT2D eigenvalue weighted by molar-refractivity contribution is 7.99. The van der Waals surface area contributed by atoms with Crippen LogP contribution in [0.1, 0.15) is 6.42 Å². The Morgan fingerprint density at radius 2 is 1.78 bits per heavy atom. The number of hydrogen-bond donors (Lipinski definition) is 2. The number of amides is 1. The zero-order valence-corrected chi connectivity index (χ0v) is 13.1. The van der Waals surface area contributed by atoms with Crippen molar-refractivity contribution in [2.45, 2.75) is 11.6 Å². The minimum absolute atomic E-state index is 0.135. The van der Waals surface area contributed by atoms with E-state index in [1.54, 1.807) is 12.1 Å². The highest BCUT2D eigenvalue weighted by Gasteiger charge is 2.11. The first kappa shape index (κ1) is 15.3. The van der Waals surface area contributed by atoms with Crippen molar-refractivity contribution in [1.29, 1.82) is 0 Å². The fourth-order valence-electron chi connectivity index (χ4n) is 2.10. The number of carbonyl (C=O) groups is 2. The monoisotopic (exact) mass is 325 g/mol. The molecule has 0 fully saturated rings. The molecule has 0 saturated carbocycles. The van der Waals surface area contributed by atoms with Gasteiger partial charge in [0.2, 0.25) is 5.91 Å². The van der Waals surface area contributed by atoms with Crippen molar-refractivity contribution in [1.82, 2.24) is 9.97 Å². The maximum atomic E-state index is 11.9. The van der Waals surface area contributed by atoms with Crippen molar-refractivity contribution >= 4 is 40.2 Å². The molecule has 6 heteroatoms. The summed E-state index contributed by atoms with van der Waals surface area (Å²) < 4.78 is 0. The Morgan fingerprint density at radius 3 is 2.57 bits per heavy atom. The maximum Gasteiger partial charge on any atom is 0.231 e. The molecule has 23 heavy (non-hydrogen) atoms. The quantitative estimate of drug-likeness (QED) is 0.539. The number of imidazole rings is 1. The Balaban J connectivity index is 1.50. The predicted molar refractivity (Wildman–Crippen MR) is 91.5 cm³/mol. The normalized spacial score (nSPS) is 10.6. The molecule has 0 spiro atoms. The summed E-state index contributed by atoms with van der Waals surface area (Å²) in [5, 5.41) is 3.38. The summed E-state index contributed by atoms with van der Waals surface area (Å²) in [6.45, 7) is 0. The van der Waals surface area contributed by atoms with Gasteiger partial charge in [-0.25, -0.2) is 4.98 Å². The Hall–Kier alpha value is -2.60. The molecule has 3 rings (SSSR count). The summed E-state index contributed by atoms with van der Waals surface area (Å²) in [6.07, 6.45) is -0.137. The average molecular weight is 325 g/mol. The summed E-state index contributed by atoms with van der Waals surface area (Å²) in [5.41, 5.74) is 2.49. The van der Waals surface area contributed by atoms with Crippen molar-refractivity contribution in [3.63, 3.8) is 0 Å². The van der Waals surface area contributed by atoms with E-state index >= 15 is 0 Å². The van der Waals surface area contributed by atoms with Crippen molar-refractivity contribution < 1.29 is 9.59 Å². The smallest absolute Gasteiger partial charge is 0.231 e. The van der Waals surface area contributed by atoms with Gasteiger partial charge in [-0.2, -0.15) is 0 Å². The Kier molecular flexibility index (Phi) is 4.73. The van der Waals surface area contributed by atoms with E-state index in [0.717, 1.165) is 11.0 Å². The molecule has 0 aliphatic rings.